The molecule has 0 saturated heterocycles. The quantitative estimate of drug-likeness (QED) is 0.626. The van der Waals surface area contributed by atoms with Gasteiger partial charge in [0.15, 0.2) is 5.78 Å². The standard InChI is InChI=1S/C10H8ClFO/c11-7-4-5-8(12)10-6(7)2-1-3-9(10)13/h4-5H,1-3H2. The second-order valence-corrected chi connectivity index (χ2v) is 3.57. The molecule has 0 atom stereocenters. The average molecular weight is 199 g/mol. The zero-order valence-electron chi connectivity index (χ0n) is 6.94. The molecule has 2 rings (SSSR count). The predicted molar refractivity (Wildman–Crippen MR) is 48.7 cm³/mol. The monoisotopic (exact) mass is 198 g/mol. The van der Waals surface area contributed by atoms with E-state index in [0.29, 0.717) is 23.4 Å². The molecule has 3 heteroatoms. The third-order valence-electron chi connectivity index (χ3n) is 2.31. The molecule has 0 spiro atoms. The molecule has 0 saturated carbocycles. The van der Waals surface area contributed by atoms with Gasteiger partial charge in [0.2, 0.25) is 0 Å². The van der Waals surface area contributed by atoms with Gasteiger partial charge in [-0.15, -0.1) is 0 Å². The van der Waals surface area contributed by atoms with Gasteiger partial charge in [0.1, 0.15) is 5.82 Å². The van der Waals surface area contributed by atoms with Crippen molar-refractivity contribution in [3.05, 3.63) is 34.1 Å². The van der Waals surface area contributed by atoms with E-state index in [1.54, 1.807) is 0 Å². The minimum atomic E-state index is -0.441. The number of ketones is 1. The van der Waals surface area contributed by atoms with E-state index in [2.05, 4.69) is 0 Å². The van der Waals surface area contributed by atoms with E-state index in [9.17, 15) is 9.18 Å². The van der Waals surface area contributed by atoms with E-state index in [0.717, 1.165) is 6.42 Å². The highest BCUT2D eigenvalue weighted by atomic mass is 35.5. The fraction of sp³-hybridized carbons (Fsp3) is 0.300. The largest absolute Gasteiger partial charge is 0.294 e. The van der Waals surface area contributed by atoms with Crippen molar-refractivity contribution in [2.75, 3.05) is 0 Å². The van der Waals surface area contributed by atoms with Crippen molar-refractivity contribution in [2.24, 2.45) is 0 Å². The maximum absolute atomic E-state index is 13.2. The third kappa shape index (κ3) is 1.35. The fourth-order valence-electron chi connectivity index (χ4n) is 1.69. The second kappa shape index (κ2) is 3.11. The van der Waals surface area contributed by atoms with Crippen molar-refractivity contribution in [3.8, 4) is 0 Å². The van der Waals surface area contributed by atoms with E-state index in [-0.39, 0.29) is 11.3 Å². The highest BCUT2D eigenvalue weighted by Crippen LogP contribution is 2.29. The smallest absolute Gasteiger partial charge is 0.166 e. The molecule has 0 heterocycles. The van der Waals surface area contributed by atoms with Crippen molar-refractivity contribution in [1.29, 1.82) is 0 Å². The van der Waals surface area contributed by atoms with Gasteiger partial charge in [-0.05, 0) is 30.5 Å². The molecule has 0 aliphatic heterocycles. The first kappa shape index (κ1) is 8.70. The van der Waals surface area contributed by atoms with Gasteiger partial charge >= 0.3 is 0 Å². The Balaban J connectivity index is 2.67. The molecule has 68 valence electrons. The third-order valence-corrected chi connectivity index (χ3v) is 2.67. The summed E-state index contributed by atoms with van der Waals surface area (Å²) < 4.78 is 13.2. The Kier molecular flexibility index (Phi) is 2.08. The topological polar surface area (TPSA) is 17.1 Å². The van der Waals surface area contributed by atoms with Crippen LogP contribution in [0.4, 0.5) is 4.39 Å². The van der Waals surface area contributed by atoms with Crippen molar-refractivity contribution >= 4 is 17.4 Å². The number of rotatable bonds is 0. The molecule has 1 aliphatic rings. The number of benzene rings is 1. The predicted octanol–water partition coefficient (Wildman–Crippen LogP) is 3.00. The minimum Gasteiger partial charge on any atom is -0.294 e. The summed E-state index contributed by atoms with van der Waals surface area (Å²) in [5.74, 6) is -0.564. The Morgan fingerprint density at radius 1 is 1.31 bits per heavy atom. The molecule has 1 aliphatic carbocycles. The molecule has 0 amide bonds. The van der Waals surface area contributed by atoms with Crippen LogP contribution in [0.5, 0.6) is 0 Å². The number of carbonyl (C=O) groups excluding carboxylic acids is 1. The van der Waals surface area contributed by atoms with Crippen LogP contribution >= 0.6 is 11.6 Å². The summed E-state index contributed by atoms with van der Waals surface area (Å²) in [5.41, 5.74) is 0.886. The Labute approximate surface area is 80.5 Å². The van der Waals surface area contributed by atoms with Crippen LogP contribution in [0.3, 0.4) is 0 Å². The van der Waals surface area contributed by atoms with Gasteiger partial charge in [0.05, 0.1) is 5.56 Å². The van der Waals surface area contributed by atoms with Gasteiger partial charge in [-0.3, -0.25) is 4.79 Å². The van der Waals surface area contributed by atoms with Crippen LogP contribution in [0, 0.1) is 5.82 Å². The molecule has 0 fully saturated rings. The molecule has 1 aromatic rings. The van der Waals surface area contributed by atoms with Gasteiger partial charge in [0.25, 0.3) is 0 Å². The molecule has 13 heavy (non-hydrogen) atoms. The van der Waals surface area contributed by atoms with Gasteiger partial charge < -0.3 is 0 Å². The highest BCUT2D eigenvalue weighted by Gasteiger charge is 2.22. The van der Waals surface area contributed by atoms with Crippen LogP contribution in [0.2, 0.25) is 5.02 Å². The summed E-state index contributed by atoms with van der Waals surface area (Å²) in [6, 6.07) is 2.76. The Hall–Kier alpha value is -0.890. The number of Topliss-reactive ketones (excluding diaryl/α,β-unsaturated/α-hetero) is 1. The lowest BCUT2D eigenvalue weighted by Crippen LogP contribution is -2.13. The normalized spacial score (nSPS) is 15.7. The van der Waals surface area contributed by atoms with E-state index < -0.39 is 5.82 Å². The Morgan fingerprint density at radius 2 is 2.08 bits per heavy atom. The highest BCUT2D eigenvalue weighted by molar-refractivity contribution is 6.32. The lowest BCUT2D eigenvalue weighted by Gasteiger charge is -2.16. The number of hydrogen-bond acceptors (Lipinski definition) is 1. The van der Waals surface area contributed by atoms with Crippen LogP contribution < -0.4 is 0 Å². The first-order valence-electron chi connectivity index (χ1n) is 4.20. The van der Waals surface area contributed by atoms with E-state index >= 15 is 0 Å². The van der Waals surface area contributed by atoms with Crippen molar-refractivity contribution in [1.82, 2.24) is 0 Å². The summed E-state index contributed by atoms with van der Waals surface area (Å²) in [6.07, 6.45) is 1.91. The molecule has 0 radical (unpaired) electrons. The zero-order chi connectivity index (χ0) is 9.42. The van der Waals surface area contributed by atoms with Gasteiger partial charge in [-0.2, -0.15) is 0 Å². The van der Waals surface area contributed by atoms with E-state index in [1.165, 1.54) is 12.1 Å². The molecule has 1 aromatic carbocycles. The van der Waals surface area contributed by atoms with Crippen molar-refractivity contribution < 1.29 is 9.18 Å². The fourth-order valence-corrected chi connectivity index (χ4v) is 1.94. The molecule has 0 bridgehead atoms. The Bertz CT molecular complexity index is 373. The summed E-state index contributed by atoms with van der Waals surface area (Å²) in [5, 5.41) is 0.504. The van der Waals surface area contributed by atoms with Crippen LogP contribution in [-0.2, 0) is 6.42 Å². The first-order chi connectivity index (χ1) is 6.20. The minimum absolute atomic E-state index is 0.124. The molecule has 0 N–H and O–H groups in total. The lowest BCUT2D eigenvalue weighted by atomic mass is 9.90. The second-order valence-electron chi connectivity index (χ2n) is 3.16. The van der Waals surface area contributed by atoms with E-state index in [1.807, 2.05) is 0 Å². The first-order valence-corrected chi connectivity index (χ1v) is 4.58. The van der Waals surface area contributed by atoms with Gasteiger partial charge in [0, 0.05) is 11.4 Å². The summed E-state index contributed by atoms with van der Waals surface area (Å²) >= 11 is 5.86. The molecule has 0 aromatic heterocycles. The number of hydrogen-bond donors (Lipinski definition) is 0. The molecule has 1 nitrogen and oxygen atoms in total. The summed E-state index contributed by atoms with van der Waals surface area (Å²) in [6.45, 7) is 0. The number of fused-ring (bicyclic) bond motifs is 1. The summed E-state index contributed by atoms with van der Waals surface area (Å²) in [7, 11) is 0. The maximum Gasteiger partial charge on any atom is 0.166 e. The van der Waals surface area contributed by atoms with Crippen LogP contribution in [0.1, 0.15) is 28.8 Å². The molecular formula is C10H8ClFO. The van der Waals surface area contributed by atoms with Crippen LogP contribution in [-0.4, -0.2) is 5.78 Å². The average Bonchev–Trinajstić information content (AvgIpc) is 2.12. The Morgan fingerprint density at radius 3 is 2.77 bits per heavy atom. The molecule has 0 unspecified atom stereocenters. The van der Waals surface area contributed by atoms with Gasteiger partial charge in [-0.1, -0.05) is 11.6 Å². The molecular weight excluding hydrogens is 191 g/mol. The lowest BCUT2D eigenvalue weighted by molar-refractivity contribution is 0.0968. The number of carbonyl (C=O) groups is 1. The van der Waals surface area contributed by atoms with Crippen LogP contribution in [0.25, 0.3) is 0 Å². The number of halogens is 2. The van der Waals surface area contributed by atoms with Gasteiger partial charge in [-0.25, -0.2) is 4.39 Å². The van der Waals surface area contributed by atoms with Crippen molar-refractivity contribution in [2.45, 2.75) is 19.3 Å². The zero-order valence-corrected chi connectivity index (χ0v) is 7.70. The maximum atomic E-state index is 13.2. The SMILES string of the molecule is O=C1CCCc2c(Cl)ccc(F)c21. The van der Waals surface area contributed by atoms with E-state index in [4.69, 9.17) is 11.6 Å². The van der Waals surface area contributed by atoms with Crippen LogP contribution in [0.15, 0.2) is 12.1 Å². The summed E-state index contributed by atoms with van der Waals surface area (Å²) in [4.78, 5) is 11.4. The van der Waals surface area contributed by atoms with Crippen molar-refractivity contribution in [3.63, 3.8) is 0 Å².